The highest BCUT2D eigenvalue weighted by atomic mass is 16.6. The average Bonchev–Trinajstić information content (AvgIpc) is 3.09. The molecular weight excluding hydrogens is 340 g/mol. The predicted octanol–water partition coefficient (Wildman–Crippen LogP) is 1.32. The quantitative estimate of drug-likeness (QED) is 0.555. The van der Waals surface area contributed by atoms with Gasteiger partial charge >= 0.3 is 0 Å². The van der Waals surface area contributed by atoms with Gasteiger partial charge in [-0.25, -0.2) is 0 Å². The lowest BCUT2D eigenvalue weighted by Crippen LogP contribution is -2.46. The Balaban J connectivity index is 1.59. The molecule has 1 aromatic carbocycles. The maximum absolute atomic E-state index is 10.9. The fraction of sp³-hybridized carbons (Fsp3) is 0.438. The number of nitro groups is 1. The number of nitro benzene ring substituents is 1. The van der Waals surface area contributed by atoms with E-state index in [0.29, 0.717) is 24.9 Å². The van der Waals surface area contributed by atoms with Gasteiger partial charge in [0.2, 0.25) is 5.89 Å². The number of nitriles is 1. The smallest absolute Gasteiger partial charge is 0.287 e. The maximum atomic E-state index is 10.9. The third-order valence-electron chi connectivity index (χ3n) is 4.18. The van der Waals surface area contributed by atoms with Crippen LogP contribution in [0.3, 0.4) is 0 Å². The van der Waals surface area contributed by atoms with E-state index in [9.17, 15) is 10.1 Å². The highest BCUT2D eigenvalue weighted by Crippen LogP contribution is 2.25. The Morgan fingerprint density at radius 3 is 2.81 bits per heavy atom. The summed E-state index contributed by atoms with van der Waals surface area (Å²) in [5.41, 5.74) is 0.719. The predicted molar refractivity (Wildman–Crippen MR) is 90.3 cm³/mol. The number of hydrogen-bond donors (Lipinski definition) is 0. The van der Waals surface area contributed by atoms with Crippen molar-refractivity contribution in [2.45, 2.75) is 13.2 Å². The van der Waals surface area contributed by atoms with E-state index >= 15 is 0 Å². The number of anilines is 1. The van der Waals surface area contributed by atoms with E-state index in [4.69, 9.17) is 14.5 Å². The Hall–Kier alpha value is -3.03. The average molecular weight is 358 g/mol. The minimum atomic E-state index is -0.539. The Labute approximate surface area is 149 Å². The monoisotopic (exact) mass is 358 g/mol. The molecule has 1 fully saturated rings. The van der Waals surface area contributed by atoms with Crippen molar-refractivity contribution in [3.63, 3.8) is 0 Å². The Morgan fingerprint density at radius 2 is 2.15 bits per heavy atom. The van der Waals surface area contributed by atoms with Gasteiger partial charge in [0, 0.05) is 45.0 Å². The van der Waals surface area contributed by atoms with Gasteiger partial charge in [-0.2, -0.15) is 10.2 Å². The van der Waals surface area contributed by atoms with E-state index < -0.39 is 4.92 Å². The minimum Gasteiger partial charge on any atom is -0.377 e. The normalized spacial score (nSPS) is 15.0. The van der Waals surface area contributed by atoms with Crippen molar-refractivity contribution in [2.75, 3.05) is 38.2 Å². The van der Waals surface area contributed by atoms with Gasteiger partial charge in [0.1, 0.15) is 18.2 Å². The summed E-state index contributed by atoms with van der Waals surface area (Å²) in [6.07, 6.45) is 0. The molecule has 0 amide bonds. The second-order valence-electron chi connectivity index (χ2n) is 5.87. The minimum absolute atomic E-state index is 0.0754. The highest BCUT2D eigenvalue weighted by Gasteiger charge is 2.21. The molecule has 0 spiro atoms. The molecule has 0 N–H and O–H groups in total. The number of benzene rings is 1. The van der Waals surface area contributed by atoms with Gasteiger partial charge in [0.25, 0.3) is 5.69 Å². The van der Waals surface area contributed by atoms with Crippen LogP contribution in [-0.2, 0) is 17.9 Å². The van der Waals surface area contributed by atoms with Gasteiger partial charge in [-0.05, 0) is 12.1 Å². The van der Waals surface area contributed by atoms with Crippen LogP contribution < -0.4 is 4.90 Å². The zero-order valence-corrected chi connectivity index (χ0v) is 14.3. The standard InChI is InChI=1S/C16H18N6O4/c1-25-11-15-18-16(26-19-15)10-20-4-6-21(7-5-20)13-2-3-14(22(23)24)12(8-13)9-17/h2-3,8H,4-7,10-11H2,1H3. The lowest BCUT2D eigenvalue weighted by molar-refractivity contribution is -0.385. The number of rotatable bonds is 6. The molecule has 0 saturated carbocycles. The second kappa shape index (κ2) is 7.90. The van der Waals surface area contributed by atoms with Crippen LogP contribution in [0.2, 0.25) is 0 Å². The number of hydrogen-bond acceptors (Lipinski definition) is 9. The van der Waals surface area contributed by atoms with E-state index in [1.54, 1.807) is 19.2 Å². The number of aromatic nitrogens is 2. The SMILES string of the molecule is COCc1noc(CN2CCN(c3ccc([N+](=O)[O-])c(C#N)c3)CC2)n1. The third-order valence-corrected chi connectivity index (χ3v) is 4.18. The Kier molecular flexibility index (Phi) is 5.40. The molecule has 0 unspecified atom stereocenters. The zero-order chi connectivity index (χ0) is 18.5. The van der Waals surface area contributed by atoms with E-state index in [0.717, 1.165) is 31.9 Å². The largest absolute Gasteiger partial charge is 0.377 e. The molecule has 0 radical (unpaired) electrons. The van der Waals surface area contributed by atoms with Crippen LogP contribution in [-0.4, -0.2) is 53.3 Å². The van der Waals surface area contributed by atoms with E-state index in [2.05, 4.69) is 19.9 Å². The molecule has 136 valence electrons. The van der Waals surface area contributed by atoms with Gasteiger partial charge in [-0.1, -0.05) is 5.16 Å². The number of ether oxygens (including phenoxy) is 1. The summed E-state index contributed by atoms with van der Waals surface area (Å²) in [5.74, 6) is 1.07. The fourth-order valence-electron chi connectivity index (χ4n) is 2.87. The second-order valence-corrected chi connectivity index (χ2v) is 5.87. The highest BCUT2D eigenvalue weighted by molar-refractivity contribution is 5.60. The summed E-state index contributed by atoms with van der Waals surface area (Å²) in [4.78, 5) is 19.0. The fourth-order valence-corrected chi connectivity index (χ4v) is 2.87. The number of methoxy groups -OCH3 is 1. The van der Waals surface area contributed by atoms with Gasteiger partial charge < -0.3 is 14.2 Å². The molecule has 1 aromatic heterocycles. The molecule has 1 aliphatic heterocycles. The van der Waals surface area contributed by atoms with Crippen molar-refractivity contribution < 1.29 is 14.2 Å². The van der Waals surface area contributed by atoms with Gasteiger partial charge in [0.15, 0.2) is 5.82 Å². The van der Waals surface area contributed by atoms with Gasteiger partial charge in [0.05, 0.1) is 11.5 Å². The molecule has 2 aromatic rings. The Morgan fingerprint density at radius 1 is 1.38 bits per heavy atom. The molecule has 10 heteroatoms. The topological polar surface area (TPSA) is 122 Å². The molecule has 2 heterocycles. The van der Waals surface area contributed by atoms with Crippen molar-refractivity contribution in [3.8, 4) is 6.07 Å². The third kappa shape index (κ3) is 3.96. The van der Waals surface area contributed by atoms with Crippen LogP contribution in [0.1, 0.15) is 17.3 Å². The van der Waals surface area contributed by atoms with Crippen molar-refractivity contribution in [2.24, 2.45) is 0 Å². The molecular formula is C16H18N6O4. The first-order chi connectivity index (χ1) is 12.6. The Bertz CT molecular complexity index is 822. The molecule has 26 heavy (non-hydrogen) atoms. The molecule has 0 bridgehead atoms. The molecule has 1 saturated heterocycles. The molecule has 10 nitrogen and oxygen atoms in total. The van der Waals surface area contributed by atoms with Crippen LogP contribution in [0.15, 0.2) is 22.7 Å². The van der Waals surface area contributed by atoms with Crippen LogP contribution in [0.4, 0.5) is 11.4 Å². The van der Waals surface area contributed by atoms with Gasteiger partial charge in [-0.3, -0.25) is 15.0 Å². The number of piperazine rings is 1. The van der Waals surface area contributed by atoms with Crippen LogP contribution in [0.25, 0.3) is 0 Å². The van der Waals surface area contributed by atoms with Crippen molar-refractivity contribution in [1.82, 2.24) is 15.0 Å². The maximum Gasteiger partial charge on any atom is 0.287 e. The van der Waals surface area contributed by atoms with Gasteiger partial charge in [-0.15, -0.1) is 0 Å². The van der Waals surface area contributed by atoms with Crippen molar-refractivity contribution in [3.05, 3.63) is 45.6 Å². The van der Waals surface area contributed by atoms with Crippen molar-refractivity contribution >= 4 is 11.4 Å². The molecule has 0 aliphatic carbocycles. The number of nitrogens with zero attached hydrogens (tertiary/aromatic N) is 6. The first-order valence-corrected chi connectivity index (χ1v) is 8.07. The van der Waals surface area contributed by atoms with E-state index in [1.807, 2.05) is 6.07 Å². The van der Waals surface area contributed by atoms with E-state index in [1.165, 1.54) is 6.07 Å². The summed E-state index contributed by atoms with van der Waals surface area (Å²) in [5, 5.41) is 23.9. The summed E-state index contributed by atoms with van der Waals surface area (Å²) in [7, 11) is 1.57. The van der Waals surface area contributed by atoms with E-state index in [-0.39, 0.29) is 11.3 Å². The molecule has 3 rings (SSSR count). The van der Waals surface area contributed by atoms with Crippen LogP contribution >= 0.6 is 0 Å². The first-order valence-electron chi connectivity index (χ1n) is 8.07. The van der Waals surface area contributed by atoms with Crippen molar-refractivity contribution in [1.29, 1.82) is 5.26 Å². The lowest BCUT2D eigenvalue weighted by atomic mass is 10.1. The zero-order valence-electron chi connectivity index (χ0n) is 14.3. The lowest BCUT2D eigenvalue weighted by Gasteiger charge is -2.35. The van der Waals surface area contributed by atoms with Crippen LogP contribution in [0.5, 0.6) is 0 Å². The van der Waals surface area contributed by atoms with Crippen LogP contribution in [0, 0.1) is 21.4 Å². The first kappa shape index (κ1) is 17.8. The summed E-state index contributed by atoms with van der Waals surface area (Å²) < 4.78 is 10.2. The molecule has 1 aliphatic rings. The summed E-state index contributed by atoms with van der Waals surface area (Å²) in [6.45, 7) is 3.91. The molecule has 0 atom stereocenters. The summed E-state index contributed by atoms with van der Waals surface area (Å²) >= 11 is 0. The summed E-state index contributed by atoms with van der Waals surface area (Å²) in [6, 6.07) is 6.54.